The lowest BCUT2D eigenvalue weighted by molar-refractivity contribution is 0.0222. The molecule has 0 unspecified atom stereocenters. The summed E-state index contributed by atoms with van der Waals surface area (Å²) in [5.41, 5.74) is 4.16. The third-order valence-electron chi connectivity index (χ3n) is 8.93. The lowest BCUT2D eigenvalue weighted by Crippen LogP contribution is -2.01. The molecule has 0 amide bonds. The quantitative estimate of drug-likeness (QED) is 0.0556. The molecule has 0 bridgehead atoms. The number of hydrogen-bond donors (Lipinski definition) is 2. The Bertz CT molecular complexity index is 2630. The van der Waals surface area contributed by atoms with E-state index in [1.54, 1.807) is 47.7 Å². The van der Waals surface area contributed by atoms with Crippen molar-refractivity contribution in [1.82, 2.24) is 0 Å². The number of hydrogen-bond acceptors (Lipinski definition) is 11. The van der Waals surface area contributed by atoms with E-state index in [4.69, 9.17) is 40.0 Å². The zero-order valence-corrected chi connectivity index (χ0v) is 40.2. The van der Waals surface area contributed by atoms with Crippen LogP contribution in [0.4, 0.5) is 0 Å². The third-order valence-corrected chi connectivity index (χ3v) is 12.2. The highest BCUT2D eigenvalue weighted by atomic mass is 79.9. The summed E-state index contributed by atoms with van der Waals surface area (Å²) in [6.07, 6.45) is 0. The lowest BCUT2D eigenvalue weighted by atomic mass is 10.0. The minimum atomic E-state index is 0.196. The van der Waals surface area contributed by atoms with Crippen molar-refractivity contribution in [1.29, 1.82) is 0 Å². The summed E-state index contributed by atoms with van der Waals surface area (Å²) in [6.45, 7) is 8.18. The molecule has 8 aromatic rings. The van der Waals surface area contributed by atoms with Crippen molar-refractivity contribution in [3.05, 3.63) is 142 Å². The van der Waals surface area contributed by atoms with Crippen molar-refractivity contribution in [2.75, 3.05) is 39.5 Å². The first-order chi connectivity index (χ1) is 30.7. The Hall–Kier alpha value is -4.83. The number of halogens is 3. The molecule has 6 aromatic carbocycles. The minimum absolute atomic E-state index is 0.196. The monoisotopic (exact) mass is 1030 g/mol. The van der Waals surface area contributed by atoms with Crippen LogP contribution in [0.15, 0.2) is 142 Å². The Kier molecular flexibility index (Phi) is 18.4. The highest BCUT2D eigenvalue weighted by molar-refractivity contribution is 9.10. The maximum atomic E-state index is 9.79. The summed E-state index contributed by atoms with van der Waals surface area (Å²) in [7, 11) is 0. The fourth-order valence-electron chi connectivity index (χ4n) is 5.93. The van der Waals surface area contributed by atoms with Gasteiger partial charge in [0.05, 0.1) is 0 Å². The summed E-state index contributed by atoms with van der Waals surface area (Å²) < 4.78 is 42.9. The van der Waals surface area contributed by atoms with Crippen LogP contribution in [0.25, 0.3) is 42.4 Å². The Morgan fingerprint density at radius 1 is 0.476 bits per heavy atom. The Morgan fingerprint density at radius 2 is 0.889 bits per heavy atom. The van der Waals surface area contributed by atoms with Crippen LogP contribution >= 0.6 is 66.1 Å². The second-order valence-electron chi connectivity index (χ2n) is 13.2. The van der Waals surface area contributed by atoms with Crippen molar-refractivity contribution >= 4 is 86.3 Å². The van der Waals surface area contributed by atoms with Crippen LogP contribution in [0.3, 0.4) is 0 Å². The lowest BCUT2D eigenvalue weighted by Gasteiger charge is -2.09. The van der Waals surface area contributed by atoms with E-state index in [1.165, 1.54) is 11.3 Å². The van der Waals surface area contributed by atoms with E-state index in [2.05, 4.69) is 54.8 Å². The molecule has 9 nitrogen and oxygen atoms in total. The summed E-state index contributed by atoms with van der Waals surface area (Å²) >= 11 is 15.1. The fraction of sp³-hybridized carbons (Fsp3) is 0.184. The molecule has 0 atom stereocenters. The zero-order chi connectivity index (χ0) is 44.6. The number of ether oxygens (including phenoxy) is 7. The molecule has 14 heteroatoms. The maximum Gasteiger partial charge on any atom is 0.189 e. The van der Waals surface area contributed by atoms with Crippen LogP contribution < -0.4 is 18.9 Å². The standard InChI is InChI=1S/C26H25BrO5S.C20H13BrO3S.C3H7ClO/c1-3-28-16-30-20-9-11-21(12-10-20)32-26-25(18-5-7-19(27)8-6-18)23-14-13-22(15-24(23)33-26)31-17-29-4-2;21-13-3-1-12(2-4-13)19-17-10-7-15(23)11-18(17)25-20(19)24-16-8-5-14(22)6-9-16;1-2-5-3-4/h5-15H,3-4,16-17H2,1-2H3;1-11,22-23H;2-3H2,1H3. The Morgan fingerprint density at radius 3 is 1.37 bits per heavy atom. The molecular formula is C49H45Br2ClO9S2. The third kappa shape index (κ3) is 13.6. The molecule has 2 N–H and O–H groups in total. The summed E-state index contributed by atoms with van der Waals surface area (Å²) in [5, 5.41) is 22.9. The van der Waals surface area contributed by atoms with Crippen molar-refractivity contribution in [2.24, 2.45) is 0 Å². The molecule has 2 heterocycles. The van der Waals surface area contributed by atoms with Crippen molar-refractivity contribution in [2.45, 2.75) is 20.8 Å². The smallest absolute Gasteiger partial charge is 0.189 e. The SMILES string of the molecule is CCOCCl.CCOCOc1ccc(Oc2sc3cc(OCOCC)ccc3c2-c2ccc(Br)cc2)cc1.Oc1ccc(Oc2sc3cc(O)ccc3c2-c2ccc(Br)cc2)cc1. The first-order valence-electron chi connectivity index (χ1n) is 19.8. The van der Waals surface area contributed by atoms with E-state index in [0.717, 1.165) is 78.7 Å². The highest BCUT2D eigenvalue weighted by Crippen LogP contribution is 2.49. The van der Waals surface area contributed by atoms with Gasteiger partial charge < -0.3 is 43.4 Å². The number of thiophene rings is 2. The number of phenols is 2. The van der Waals surface area contributed by atoms with Gasteiger partial charge in [-0.2, -0.15) is 0 Å². The summed E-state index contributed by atoms with van der Waals surface area (Å²) in [4.78, 5) is 0. The second kappa shape index (κ2) is 24.3. The van der Waals surface area contributed by atoms with Gasteiger partial charge in [0.25, 0.3) is 0 Å². The van der Waals surface area contributed by atoms with Gasteiger partial charge in [0.1, 0.15) is 40.6 Å². The van der Waals surface area contributed by atoms with Crippen LogP contribution in [0.1, 0.15) is 20.8 Å². The molecule has 0 radical (unpaired) electrons. The number of aromatic hydroxyl groups is 2. The minimum Gasteiger partial charge on any atom is -0.508 e. The summed E-state index contributed by atoms with van der Waals surface area (Å²) in [5.74, 6) is 3.30. The molecule has 0 fully saturated rings. The molecule has 0 aliphatic rings. The predicted octanol–water partition coefficient (Wildman–Crippen LogP) is 15.6. The molecule has 0 aliphatic heterocycles. The van der Waals surface area contributed by atoms with Gasteiger partial charge in [-0.1, -0.05) is 90.4 Å². The Labute approximate surface area is 396 Å². The van der Waals surface area contributed by atoms with Crippen LogP contribution in [0, 0.1) is 0 Å². The topological polar surface area (TPSA) is 105 Å². The van der Waals surface area contributed by atoms with Crippen LogP contribution in [-0.2, 0) is 14.2 Å². The van der Waals surface area contributed by atoms with Crippen molar-refractivity contribution in [3.8, 4) is 66.9 Å². The van der Waals surface area contributed by atoms with Gasteiger partial charge in [0.15, 0.2) is 23.7 Å². The molecular weight excluding hydrogens is 992 g/mol. The first-order valence-corrected chi connectivity index (χ1v) is 23.6. The molecule has 8 rings (SSSR count). The van der Waals surface area contributed by atoms with Crippen molar-refractivity contribution < 1.29 is 43.4 Å². The van der Waals surface area contributed by atoms with Gasteiger partial charge in [0, 0.05) is 60.1 Å². The first kappa shape index (κ1) is 47.6. The molecule has 63 heavy (non-hydrogen) atoms. The average molecular weight is 1040 g/mol. The van der Waals surface area contributed by atoms with Gasteiger partial charge >= 0.3 is 0 Å². The predicted molar refractivity (Wildman–Crippen MR) is 263 cm³/mol. The van der Waals surface area contributed by atoms with Gasteiger partial charge in [-0.3, -0.25) is 0 Å². The zero-order valence-electron chi connectivity index (χ0n) is 34.6. The van der Waals surface area contributed by atoms with Gasteiger partial charge in [0.2, 0.25) is 0 Å². The van der Waals surface area contributed by atoms with E-state index in [9.17, 15) is 10.2 Å². The van der Waals surface area contributed by atoms with Gasteiger partial charge in [-0.15, -0.1) is 0 Å². The molecule has 328 valence electrons. The molecule has 0 saturated carbocycles. The summed E-state index contributed by atoms with van der Waals surface area (Å²) in [6, 6.07) is 42.2. The van der Waals surface area contributed by atoms with Gasteiger partial charge in [-0.05, 0) is 141 Å². The largest absolute Gasteiger partial charge is 0.508 e. The number of alkyl halides is 1. The maximum absolute atomic E-state index is 9.79. The number of fused-ring (bicyclic) bond motifs is 2. The van der Waals surface area contributed by atoms with E-state index in [0.29, 0.717) is 31.6 Å². The molecule has 0 aliphatic carbocycles. The number of phenolic OH excluding ortho intramolecular Hbond substituents is 2. The normalized spacial score (nSPS) is 10.8. The Balaban J connectivity index is 0.000000195. The molecule has 0 saturated heterocycles. The highest BCUT2D eigenvalue weighted by Gasteiger charge is 2.19. The van der Waals surface area contributed by atoms with Crippen molar-refractivity contribution in [3.63, 3.8) is 0 Å². The van der Waals surface area contributed by atoms with Crippen LogP contribution in [0.5, 0.6) is 44.6 Å². The number of benzene rings is 6. The van der Waals surface area contributed by atoms with E-state index >= 15 is 0 Å². The number of rotatable bonds is 16. The van der Waals surface area contributed by atoms with Gasteiger partial charge in [-0.25, -0.2) is 0 Å². The molecule has 0 spiro atoms. The average Bonchev–Trinajstić information content (AvgIpc) is 3.83. The second-order valence-corrected chi connectivity index (χ2v) is 17.2. The van der Waals surface area contributed by atoms with E-state index in [-0.39, 0.29) is 25.1 Å². The van der Waals surface area contributed by atoms with E-state index < -0.39 is 0 Å². The van der Waals surface area contributed by atoms with E-state index in [1.807, 2.05) is 99.6 Å². The fourth-order valence-corrected chi connectivity index (χ4v) is 8.86. The molecule has 2 aromatic heterocycles. The van der Waals surface area contributed by atoms with Crippen LogP contribution in [0.2, 0.25) is 0 Å². The van der Waals surface area contributed by atoms with Crippen LogP contribution in [-0.4, -0.2) is 49.7 Å².